The van der Waals surface area contributed by atoms with Gasteiger partial charge in [-0.05, 0) is 12.3 Å². The number of fused-ring (bicyclic) bond motifs is 1. The van der Waals surface area contributed by atoms with E-state index in [1.807, 2.05) is 13.0 Å². The van der Waals surface area contributed by atoms with E-state index >= 15 is 0 Å². The predicted molar refractivity (Wildman–Crippen MR) is 70.1 cm³/mol. The fourth-order valence-electron chi connectivity index (χ4n) is 1.55. The van der Waals surface area contributed by atoms with E-state index in [2.05, 4.69) is 37.7 Å². The van der Waals surface area contributed by atoms with Crippen molar-refractivity contribution in [2.75, 3.05) is 0 Å². The van der Waals surface area contributed by atoms with Crippen LogP contribution < -0.4 is 10.7 Å². The summed E-state index contributed by atoms with van der Waals surface area (Å²) in [5.41, 5.74) is 1.31. The molecule has 0 radical (unpaired) electrons. The van der Waals surface area contributed by atoms with E-state index in [9.17, 15) is 4.79 Å². The van der Waals surface area contributed by atoms with Crippen molar-refractivity contribution >= 4 is 27.8 Å². The Morgan fingerprint density at radius 1 is 1.65 bits per heavy atom. The third kappa shape index (κ3) is 2.56. The van der Waals surface area contributed by atoms with Crippen molar-refractivity contribution in [3.63, 3.8) is 0 Å². The van der Waals surface area contributed by atoms with Crippen LogP contribution in [0.1, 0.15) is 30.1 Å². The van der Waals surface area contributed by atoms with Crippen molar-refractivity contribution in [1.82, 2.24) is 4.98 Å². The normalized spacial score (nSPS) is 13.2. The molecule has 3 nitrogen and oxygen atoms in total. The first-order valence-corrected chi connectivity index (χ1v) is 6.15. The van der Waals surface area contributed by atoms with E-state index in [-0.39, 0.29) is 5.78 Å². The minimum absolute atomic E-state index is 0.158. The van der Waals surface area contributed by atoms with E-state index in [4.69, 9.17) is 0 Å². The number of rotatable bonds is 1. The summed E-state index contributed by atoms with van der Waals surface area (Å²) in [6.45, 7) is 1.92. The minimum atomic E-state index is -0.158. The topological polar surface area (TPSA) is 45.2 Å². The lowest BCUT2D eigenvalue weighted by Crippen LogP contribution is -2.26. The zero-order chi connectivity index (χ0) is 12.3. The highest BCUT2D eigenvalue weighted by atomic mass is 79.9. The fraction of sp³-hybridized carbons (Fsp3) is 0.231. The van der Waals surface area contributed by atoms with Crippen LogP contribution in [0.4, 0.5) is 0 Å². The number of nitrogens with zero attached hydrogens (tertiary/aromatic N) is 1. The van der Waals surface area contributed by atoms with Crippen LogP contribution in [0, 0.1) is 11.8 Å². The van der Waals surface area contributed by atoms with Crippen molar-refractivity contribution in [2.24, 2.45) is 4.99 Å². The lowest BCUT2D eigenvalue weighted by molar-refractivity contribution is 0.105. The Bertz CT molecular complexity index is 656. The Labute approximate surface area is 107 Å². The summed E-state index contributed by atoms with van der Waals surface area (Å²) in [4.78, 5) is 19.1. The number of ketones is 1. The number of Topliss-reactive ketones (excluding diaryl/α,β-unsaturated/α-hetero) is 1. The van der Waals surface area contributed by atoms with E-state index in [0.717, 1.165) is 16.1 Å². The second kappa shape index (κ2) is 5.15. The molecule has 2 heterocycles. The van der Waals surface area contributed by atoms with Gasteiger partial charge in [0, 0.05) is 28.5 Å². The van der Waals surface area contributed by atoms with Gasteiger partial charge in [0.2, 0.25) is 5.78 Å². The molecule has 0 bridgehead atoms. The third-order valence-electron chi connectivity index (χ3n) is 2.36. The molecule has 2 rings (SSSR count). The second-order valence-corrected chi connectivity index (χ2v) is 4.58. The molecule has 0 fully saturated rings. The van der Waals surface area contributed by atoms with Gasteiger partial charge in [-0.2, -0.15) is 0 Å². The molecule has 1 aromatic rings. The number of aromatic nitrogens is 1. The number of carbonyl (C=O) groups excluding carboxylic acids is 1. The maximum atomic E-state index is 11.8. The molecule has 1 aliphatic heterocycles. The number of aromatic amines is 1. The Kier molecular flexibility index (Phi) is 3.60. The quantitative estimate of drug-likeness (QED) is 0.477. The Hall–Kier alpha value is -1.60. The molecule has 86 valence electrons. The first kappa shape index (κ1) is 11.9. The molecule has 17 heavy (non-hydrogen) atoms. The van der Waals surface area contributed by atoms with Crippen molar-refractivity contribution in [2.45, 2.75) is 19.8 Å². The number of hydrogen-bond donors (Lipinski definition) is 1. The monoisotopic (exact) mass is 290 g/mol. The first-order valence-electron chi connectivity index (χ1n) is 5.35. The molecular formula is C13H11BrN2O. The Morgan fingerprint density at radius 3 is 3.24 bits per heavy atom. The molecule has 1 N–H and O–H groups in total. The minimum Gasteiger partial charge on any atom is -0.345 e. The van der Waals surface area contributed by atoms with Crippen LogP contribution in [0.3, 0.4) is 0 Å². The maximum absolute atomic E-state index is 11.8. The van der Waals surface area contributed by atoms with Crippen molar-refractivity contribution < 1.29 is 4.79 Å². The van der Waals surface area contributed by atoms with Gasteiger partial charge in [-0.3, -0.25) is 4.79 Å². The van der Waals surface area contributed by atoms with Gasteiger partial charge in [-0.15, -0.1) is 0 Å². The summed E-state index contributed by atoms with van der Waals surface area (Å²) in [5, 5.41) is 0.839. The zero-order valence-electron chi connectivity index (χ0n) is 9.38. The standard InChI is InChI=1S/C13H11BrN2O/c1-2-3-4-12(17)11-8-16-13-10(11)6-5-9(14)7-15-13/h6-8H,2,5H2,1H3,(H,15,16). The summed E-state index contributed by atoms with van der Waals surface area (Å²) in [5.74, 6) is 5.25. The van der Waals surface area contributed by atoms with Gasteiger partial charge in [0.15, 0.2) is 0 Å². The molecule has 0 saturated heterocycles. The van der Waals surface area contributed by atoms with E-state index in [1.165, 1.54) is 0 Å². The van der Waals surface area contributed by atoms with Crippen LogP contribution in [0.15, 0.2) is 21.9 Å². The number of H-pyrrole nitrogens is 1. The van der Waals surface area contributed by atoms with Gasteiger partial charge in [0.05, 0.1) is 5.56 Å². The fourth-order valence-corrected chi connectivity index (χ4v) is 1.81. The molecule has 0 saturated carbocycles. The molecule has 1 aliphatic rings. The van der Waals surface area contributed by atoms with Crippen LogP contribution in [-0.2, 0) is 0 Å². The van der Waals surface area contributed by atoms with Crippen LogP contribution in [0.5, 0.6) is 0 Å². The SMILES string of the molecule is CCC#CC(=O)c1c[nH]c2c1=CCC(Br)=CN=2. The lowest BCUT2D eigenvalue weighted by atomic mass is 10.1. The molecule has 0 aliphatic carbocycles. The van der Waals surface area contributed by atoms with Crippen LogP contribution in [-0.4, -0.2) is 10.8 Å². The van der Waals surface area contributed by atoms with Gasteiger partial charge < -0.3 is 4.98 Å². The molecule has 0 aromatic carbocycles. The first-order chi connectivity index (χ1) is 8.22. The summed E-state index contributed by atoms with van der Waals surface area (Å²) in [6, 6.07) is 0. The lowest BCUT2D eigenvalue weighted by Gasteiger charge is -1.88. The van der Waals surface area contributed by atoms with Crippen molar-refractivity contribution in [3.8, 4) is 11.8 Å². The largest absolute Gasteiger partial charge is 0.345 e. The Morgan fingerprint density at radius 2 is 2.47 bits per heavy atom. The number of hydrogen-bond acceptors (Lipinski definition) is 2. The van der Waals surface area contributed by atoms with E-state index in [1.54, 1.807) is 12.4 Å². The molecule has 0 unspecified atom stereocenters. The average Bonchev–Trinajstić information content (AvgIpc) is 2.65. The highest BCUT2D eigenvalue weighted by Gasteiger charge is 2.08. The summed E-state index contributed by atoms with van der Waals surface area (Å²) in [7, 11) is 0. The maximum Gasteiger partial charge on any atom is 0.238 e. The average molecular weight is 291 g/mol. The van der Waals surface area contributed by atoms with E-state index < -0.39 is 0 Å². The van der Waals surface area contributed by atoms with Gasteiger partial charge in [0.1, 0.15) is 5.49 Å². The van der Waals surface area contributed by atoms with Crippen LogP contribution in [0.25, 0.3) is 6.08 Å². The third-order valence-corrected chi connectivity index (χ3v) is 2.89. The van der Waals surface area contributed by atoms with Crippen LogP contribution in [0.2, 0.25) is 0 Å². The highest BCUT2D eigenvalue weighted by Crippen LogP contribution is 2.11. The summed E-state index contributed by atoms with van der Waals surface area (Å²) >= 11 is 3.39. The Balaban J connectivity index is 2.50. The molecule has 0 spiro atoms. The number of allylic oxidation sites excluding steroid dienone is 1. The highest BCUT2D eigenvalue weighted by molar-refractivity contribution is 9.11. The smallest absolute Gasteiger partial charge is 0.238 e. The molecule has 0 amide bonds. The predicted octanol–water partition coefficient (Wildman–Crippen LogP) is 1.65. The van der Waals surface area contributed by atoms with Gasteiger partial charge in [-0.25, -0.2) is 4.99 Å². The molecule has 0 atom stereocenters. The molecule has 4 heteroatoms. The van der Waals surface area contributed by atoms with Gasteiger partial charge >= 0.3 is 0 Å². The number of carbonyl (C=O) groups is 1. The zero-order valence-corrected chi connectivity index (χ0v) is 11.0. The van der Waals surface area contributed by atoms with Gasteiger partial charge in [0.25, 0.3) is 0 Å². The van der Waals surface area contributed by atoms with Crippen molar-refractivity contribution in [1.29, 1.82) is 0 Å². The number of nitrogens with one attached hydrogen (secondary N) is 1. The van der Waals surface area contributed by atoms with E-state index in [0.29, 0.717) is 17.5 Å². The second-order valence-electron chi connectivity index (χ2n) is 3.56. The van der Waals surface area contributed by atoms with Crippen molar-refractivity contribution in [3.05, 3.63) is 33.1 Å². The van der Waals surface area contributed by atoms with Crippen LogP contribution >= 0.6 is 15.9 Å². The summed E-state index contributed by atoms with van der Waals surface area (Å²) in [6.07, 6.45) is 6.80. The molecular weight excluding hydrogens is 280 g/mol. The number of halogens is 1. The summed E-state index contributed by atoms with van der Waals surface area (Å²) < 4.78 is 0.986. The molecule has 1 aromatic heterocycles. The van der Waals surface area contributed by atoms with Gasteiger partial charge in [-0.1, -0.05) is 34.9 Å².